The van der Waals surface area contributed by atoms with E-state index >= 15 is 0 Å². The quantitative estimate of drug-likeness (QED) is 0.394. The maximum Gasteiger partial charge on any atom is 0.251 e. The first-order valence-corrected chi connectivity index (χ1v) is 7.03. The van der Waals surface area contributed by atoms with E-state index in [1.54, 1.807) is 26.3 Å². The normalized spacial score (nSPS) is 11.1. The average Bonchev–Trinajstić information content (AvgIpc) is 2.52. The lowest BCUT2D eigenvalue weighted by atomic mass is 10.1. The van der Waals surface area contributed by atoms with Crippen molar-refractivity contribution in [2.75, 3.05) is 33.9 Å². The fourth-order valence-electron chi connectivity index (χ4n) is 1.69. The smallest absolute Gasteiger partial charge is 0.251 e. The molecule has 0 saturated carbocycles. The monoisotopic (exact) mass is 292 g/mol. The molecule has 0 bridgehead atoms. The zero-order valence-corrected chi connectivity index (χ0v) is 12.9. The molecular weight excluding hydrogens is 268 g/mol. The van der Waals surface area contributed by atoms with Gasteiger partial charge >= 0.3 is 0 Å². The van der Waals surface area contributed by atoms with Gasteiger partial charge < -0.3 is 20.7 Å². The van der Waals surface area contributed by atoms with Crippen molar-refractivity contribution < 1.29 is 9.53 Å². The van der Waals surface area contributed by atoms with E-state index < -0.39 is 0 Å². The van der Waals surface area contributed by atoms with Gasteiger partial charge in [-0.15, -0.1) is 0 Å². The Bertz CT molecular complexity index is 457. The molecule has 1 aromatic carbocycles. The Kier molecular flexibility index (Phi) is 7.89. The van der Waals surface area contributed by atoms with Crippen molar-refractivity contribution in [1.29, 1.82) is 0 Å². The van der Waals surface area contributed by atoms with Gasteiger partial charge in [-0.25, -0.2) is 4.99 Å². The molecule has 0 heterocycles. The number of nitrogens with one attached hydrogen (secondary N) is 3. The Morgan fingerprint density at radius 2 is 1.95 bits per heavy atom. The largest absolute Gasteiger partial charge is 0.383 e. The van der Waals surface area contributed by atoms with E-state index in [0.29, 0.717) is 25.3 Å². The Balaban J connectivity index is 2.60. The maximum atomic E-state index is 11.5. The number of amides is 1. The number of methoxy groups -OCH3 is 1. The third-order valence-corrected chi connectivity index (χ3v) is 2.81. The summed E-state index contributed by atoms with van der Waals surface area (Å²) in [6.07, 6.45) is 0. The summed E-state index contributed by atoms with van der Waals surface area (Å²) >= 11 is 0. The molecule has 21 heavy (non-hydrogen) atoms. The van der Waals surface area contributed by atoms with Crippen molar-refractivity contribution in [2.24, 2.45) is 4.99 Å². The molecule has 0 radical (unpaired) electrons. The van der Waals surface area contributed by atoms with Crippen LogP contribution in [0, 0.1) is 0 Å². The van der Waals surface area contributed by atoms with E-state index in [0.717, 1.165) is 18.1 Å². The van der Waals surface area contributed by atoms with Gasteiger partial charge in [0.25, 0.3) is 5.91 Å². The Morgan fingerprint density at radius 3 is 2.52 bits per heavy atom. The van der Waals surface area contributed by atoms with Crippen LogP contribution < -0.4 is 16.0 Å². The molecule has 0 unspecified atom stereocenters. The lowest BCUT2D eigenvalue weighted by molar-refractivity contribution is 0.0963. The first-order valence-electron chi connectivity index (χ1n) is 7.03. The molecule has 0 fully saturated rings. The zero-order valence-electron chi connectivity index (χ0n) is 12.9. The SMILES string of the molecule is CCNC(=NCc1ccc(C(=O)NC)cc1)NCCOC. The fraction of sp³-hybridized carbons (Fsp3) is 0.467. The number of carbonyl (C=O) groups is 1. The van der Waals surface area contributed by atoms with Crippen LogP contribution in [-0.4, -0.2) is 45.7 Å². The van der Waals surface area contributed by atoms with Crippen LogP contribution in [-0.2, 0) is 11.3 Å². The standard InChI is InChI=1S/C15H24N4O2/c1-4-17-15(18-9-10-21-3)19-11-12-5-7-13(8-6-12)14(20)16-2/h5-8H,4,9-11H2,1-3H3,(H,16,20)(H2,17,18,19). The van der Waals surface area contributed by atoms with Gasteiger partial charge in [-0.1, -0.05) is 12.1 Å². The number of aliphatic imine (C=N–C) groups is 1. The highest BCUT2D eigenvalue weighted by Crippen LogP contribution is 2.05. The van der Waals surface area contributed by atoms with Crippen molar-refractivity contribution in [3.05, 3.63) is 35.4 Å². The van der Waals surface area contributed by atoms with E-state index in [1.807, 2.05) is 19.1 Å². The predicted molar refractivity (Wildman–Crippen MR) is 84.5 cm³/mol. The van der Waals surface area contributed by atoms with Crippen molar-refractivity contribution >= 4 is 11.9 Å². The molecule has 6 heteroatoms. The van der Waals surface area contributed by atoms with E-state index in [4.69, 9.17) is 4.74 Å². The second-order valence-electron chi connectivity index (χ2n) is 4.39. The van der Waals surface area contributed by atoms with Gasteiger partial charge in [0.1, 0.15) is 0 Å². The molecule has 3 N–H and O–H groups in total. The molecule has 116 valence electrons. The summed E-state index contributed by atoms with van der Waals surface area (Å²) in [5.41, 5.74) is 1.70. The van der Waals surface area contributed by atoms with Crippen LogP contribution in [0.4, 0.5) is 0 Å². The first kappa shape index (κ1) is 17.0. The summed E-state index contributed by atoms with van der Waals surface area (Å²) in [7, 11) is 3.29. The molecule has 1 amide bonds. The number of carbonyl (C=O) groups excluding carboxylic acids is 1. The molecule has 0 aliphatic rings. The van der Waals surface area contributed by atoms with Crippen LogP contribution in [0.2, 0.25) is 0 Å². The van der Waals surface area contributed by atoms with Crippen LogP contribution in [0.25, 0.3) is 0 Å². The van der Waals surface area contributed by atoms with Crippen LogP contribution in [0.1, 0.15) is 22.8 Å². The van der Waals surface area contributed by atoms with Gasteiger partial charge in [0, 0.05) is 32.8 Å². The third kappa shape index (κ3) is 6.27. The number of nitrogens with zero attached hydrogens (tertiary/aromatic N) is 1. The van der Waals surface area contributed by atoms with Crippen LogP contribution in [0.3, 0.4) is 0 Å². The Hall–Kier alpha value is -2.08. The van der Waals surface area contributed by atoms with Crippen LogP contribution >= 0.6 is 0 Å². The lowest BCUT2D eigenvalue weighted by Crippen LogP contribution is -2.38. The number of guanidine groups is 1. The van der Waals surface area contributed by atoms with Crippen molar-refractivity contribution in [3.63, 3.8) is 0 Å². The lowest BCUT2D eigenvalue weighted by Gasteiger charge is -2.10. The van der Waals surface area contributed by atoms with E-state index in [-0.39, 0.29) is 5.91 Å². The molecule has 0 aliphatic heterocycles. The van der Waals surface area contributed by atoms with Gasteiger partial charge in [0.15, 0.2) is 5.96 Å². The predicted octanol–water partition coefficient (Wildman–Crippen LogP) is 0.748. The third-order valence-electron chi connectivity index (χ3n) is 2.81. The second-order valence-corrected chi connectivity index (χ2v) is 4.39. The number of hydrogen-bond donors (Lipinski definition) is 3. The van der Waals surface area contributed by atoms with E-state index in [1.165, 1.54) is 0 Å². The highest BCUT2D eigenvalue weighted by Gasteiger charge is 2.02. The number of rotatable bonds is 7. The summed E-state index contributed by atoms with van der Waals surface area (Å²) < 4.78 is 5.00. The minimum Gasteiger partial charge on any atom is -0.383 e. The number of ether oxygens (including phenoxy) is 1. The highest BCUT2D eigenvalue weighted by molar-refractivity contribution is 5.93. The molecule has 0 spiro atoms. The highest BCUT2D eigenvalue weighted by atomic mass is 16.5. The summed E-state index contributed by atoms with van der Waals surface area (Å²) in [5, 5.41) is 8.95. The molecular formula is C15H24N4O2. The van der Waals surface area contributed by atoms with Gasteiger partial charge in [0.2, 0.25) is 0 Å². The Morgan fingerprint density at radius 1 is 1.24 bits per heavy atom. The van der Waals surface area contributed by atoms with Gasteiger partial charge in [-0.2, -0.15) is 0 Å². The number of benzene rings is 1. The van der Waals surface area contributed by atoms with Crippen LogP contribution in [0.15, 0.2) is 29.3 Å². The van der Waals surface area contributed by atoms with Crippen LogP contribution in [0.5, 0.6) is 0 Å². The molecule has 0 atom stereocenters. The van der Waals surface area contributed by atoms with Gasteiger partial charge in [0.05, 0.1) is 13.2 Å². The minimum absolute atomic E-state index is 0.0837. The topological polar surface area (TPSA) is 74.8 Å². The maximum absolute atomic E-state index is 11.5. The van der Waals surface area contributed by atoms with Gasteiger partial charge in [-0.3, -0.25) is 4.79 Å². The Labute approximate surface area is 126 Å². The second kappa shape index (κ2) is 9.77. The van der Waals surface area contributed by atoms with Crippen molar-refractivity contribution in [1.82, 2.24) is 16.0 Å². The molecule has 0 aliphatic carbocycles. The molecule has 1 rings (SSSR count). The van der Waals surface area contributed by atoms with E-state index in [9.17, 15) is 4.79 Å². The summed E-state index contributed by atoms with van der Waals surface area (Å²) in [6, 6.07) is 7.42. The van der Waals surface area contributed by atoms with Crippen molar-refractivity contribution in [2.45, 2.75) is 13.5 Å². The van der Waals surface area contributed by atoms with Gasteiger partial charge in [-0.05, 0) is 24.6 Å². The van der Waals surface area contributed by atoms with Crippen molar-refractivity contribution in [3.8, 4) is 0 Å². The first-order chi connectivity index (χ1) is 10.2. The average molecular weight is 292 g/mol. The number of hydrogen-bond acceptors (Lipinski definition) is 3. The van der Waals surface area contributed by atoms with E-state index in [2.05, 4.69) is 20.9 Å². The summed E-state index contributed by atoms with van der Waals surface area (Å²) in [6.45, 7) is 4.71. The molecule has 1 aromatic rings. The zero-order chi connectivity index (χ0) is 15.5. The summed E-state index contributed by atoms with van der Waals surface area (Å²) in [4.78, 5) is 15.9. The fourth-order valence-corrected chi connectivity index (χ4v) is 1.69. The minimum atomic E-state index is -0.0837. The summed E-state index contributed by atoms with van der Waals surface area (Å²) in [5.74, 6) is 0.671. The molecule has 6 nitrogen and oxygen atoms in total. The molecule has 0 aromatic heterocycles. The molecule has 0 saturated heterocycles.